The summed E-state index contributed by atoms with van der Waals surface area (Å²) in [6, 6.07) is -0.516. The van der Waals surface area contributed by atoms with Crippen LogP contribution in [0.3, 0.4) is 0 Å². The lowest BCUT2D eigenvalue weighted by Crippen LogP contribution is -2.41. The molecule has 0 atom stereocenters. The number of hydrogen-bond donors (Lipinski definition) is 2. The quantitative estimate of drug-likeness (QED) is 0.500. The molecule has 0 aromatic carbocycles. The van der Waals surface area contributed by atoms with Gasteiger partial charge in [0.15, 0.2) is 0 Å². The Kier molecular flexibility index (Phi) is 5.06. The van der Waals surface area contributed by atoms with Crippen molar-refractivity contribution in [3.05, 3.63) is 0 Å². The summed E-state index contributed by atoms with van der Waals surface area (Å²) in [5, 5.41) is 4.87. The predicted octanol–water partition coefficient (Wildman–Crippen LogP) is -0.614. The smallest absolute Gasteiger partial charge is 0.325 e. The minimum Gasteiger partial charge on any atom is -0.465 e. The maximum absolute atomic E-state index is 11.8. The van der Waals surface area contributed by atoms with Gasteiger partial charge in [-0.25, -0.2) is 4.79 Å². The molecule has 1 fully saturated rings. The van der Waals surface area contributed by atoms with Crippen LogP contribution in [0, 0.1) is 0 Å². The molecule has 112 valence electrons. The van der Waals surface area contributed by atoms with Gasteiger partial charge in [0, 0.05) is 13.0 Å². The summed E-state index contributed by atoms with van der Waals surface area (Å²) in [4.78, 5) is 46.9. The topological polar surface area (TPSA) is 105 Å². The molecule has 2 N–H and O–H groups in total. The molecule has 1 saturated heterocycles. The van der Waals surface area contributed by atoms with Crippen LogP contribution in [-0.4, -0.2) is 54.0 Å². The van der Waals surface area contributed by atoms with Crippen molar-refractivity contribution < 1.29 is 23.9 Å². The standard InChI is InChI=1S/C12H19N3O5/c1-4-20-9(17)7-13-8(16)5-6-15-10(18)12(2,3)14-11(15)19/h4-7H2,1-3H3,(H,13,16)(H,14,19). The summed E-state index contributed by atoms with van der Waals surface area (Å²) in [6.45, 7) is 4.84. The van der Waals surface area contributed by atoms with Gasteiger partial charge in [-0.15, -0.1) is 0 Å². The number of urea groups is 1. The second-order valence-electron chi connectivity index (χ2n) is 4.84. The molecule has 1 rings (SSSR count). The molecule has 0 bridgehead atoms. The zero-order valence-electron chi connectivity index (χ0n) is 11.8. The summed E-state index contributed by atoms with van der Waals surface area (Å²) in [5.41, 5.74) is -0.946. The van der Waals surface area contributed by atoms with Gasteiger partial charge in [0.2, 0.25) is 5.91 Å². The molecule has 0 aromatic rings. The van der Waals surface area contributed by atoms with Gasteiger partial charge < -0.3 is 15.4 Å². The number of carbonyl (C=O) groups is 4. The second-order valence-corrected chi connectivity index (χ2v) is 4.84. The Morgan fingerprint density at radius 2 is 2.00 bits per heavy atom. The van der Waals surface area contributed by atoms with Gasteiger partial charge in [-0.2, -0.15) is 0 Å². The Balaban J connectivity index is 2.36. The third-order valence-corrected chi connectivity index (χ3v) is 2.74. The molecule has 0 aliphatic carbocycles. The lowest BCUT2D eigenvalue weighted by atomic mass is 10.1. The van der Waals surface area contributed by atoms with E-state index in [1.807, 2.05) is 0 Å². The van der Waals surface area contributed by atoms with Crippen LogP contribution in [-0.2, 0) is 19.1 Å². The van der Waals surface area contributed by atoms with Crippen LogP contribution in [0.4, 0.5) is 4.79 Å². The number of rotatable bonds is 6. The van der Waals surface area contributed by atoms with Crippen molar-refractivity contribution >= 4 is 23.8 Å². The zero-order chi connectivity index (χ0) is 15.3. The van der Waals surface area contributed by atoms with Gasteiger partial charge in [-0.05, 0) is 20.8 Å². The molecule has 8 nitrogen and oxygen atoms in total. The second kappa shape index (κ2) is 6.36. The highest BCUT2D eigenvalue weighted by Crippen LogP contribution is 2.16. The number of imide groups is 1. The van der Waals surface area contributed by atoms with Crippen LogP contribution in [0.25, 0.3) is 0 Å². The normalized spacial score (nSPS) is 16.9. The van der Waals surface area contributed by atoms with Crippen molar-refractivity contribution in [3.63, 3.8) is 0 Å². The van der Waals surface area contributed by atoms with Crippen molar-refractivity contribution in [2.24, 2.45) is 0 Å². The van der Waals surface area contributed by atoms with Crippen LogP contribution in [0.15, 0.2) is 0 Å². The van der Waals surface area contributed by atoms with Crippen LogP contribution in [0.5, 0.6) is 0 Å². The highest BCUT2D eigenvalue weighted by atomic mass is 16.5. The number of amides is 4. The number of ether oxygens (including phenoxy) is 1. The van der Waals surface area contributed by atoms with Gasteiger partial charge in [-0.1, -0.05) is 0 Å². The van der Waals surface area contributed by atoms with E-state index in [1.54, 1.807) is 20.8 Å². The fraction of sp³-hybridized carbons (Fsp3) is 0.667. The molecular weight excluding hydrogens is 266 g/mol. The first kappa shape index (κ1) is 15.9. The largest absolute Gasteiger partial charge is 0.465 e. The van der Waals surface area contributed by atoms with E-state index in [1.165, 1.54) is 0 Å². The number of nitrogens with one attached hydrogen (secondary N) is 2. The first-order valence-electron chi connectivity index (χ1n) is 6.34. The highest BCUT2D eigenvalue weighted by Gasteiger charge is 2.43. The summed E-state index contributed by atoms with van der Waals surface area (Å²) in [5.74, 6) is -1.33. The van der Waals surface area contributed by atoms with Crippen molar-refractivity contribution in [1.82, 2.24) is 15.5 Å². The zero-order valence-corrected chi connectivity index (χ0v) is 11.8. The van der Waals surface area contributed by atoms with Gasteiger partial charge >= 0.3 is 12.0 Å². The first-order valence-corrected chi connectivity index (χ1v) is 6.34. The molecule has 1 aliphatic heterocycles. The number of esters is 1. The molecule has 4 amide bonds. The fourth-order valence-electron chi connectivity index (χ4n) is 1.71. The minimum absolute atomic E-state index is 0.0250. The van der Waals surface area contributed by atoms with E-state index < -0.39 is 23.4 Å². The van der Waals surface area contributed by atoms with E-state index in [4.69, 9.17) is 0 Å². The Hall–Kier alpha value is -2.12. The predicted molar refractivity (Wildman–Crippen MR) is 68.6 cm³/mol. The molecule has 1 heterocycles. The van der Waals surface area contributed by atoms with Crippen LogP contribution < -0.4 is 10.6 Å². The first-order chi connectivity index (χ1) is 9.27. The van der Waals surface area contributed by atoms with E-state index in [-0.39, 0.29) is 32.0 Å². The molecule has 0 spiro atoms. The van der Waals surface area contributed by atoms with E-state index in [9.17, 15) is 19.2 Å². The van der Waals surface area contributed by atoms with Gasteiger partial charge in [0.05, 0.1) is 6.61 Å². The molecule has 1 aliphatic rings. The molecular formula is C12H19N3O5. The summed E-state index contributed by atoms with van der Waals surface area (Å²) < 4.78 is 4.65. The Morgan fingerprint density at radius 3 is 2.50 bits per heavy atom. The lowest BCUT2D eigenvalue weighted by molar-refractivity contribution is -0.143. The minimum atomic E-state index is -0.946. The molecule has 8 heteroatoms. The molecule has 0 saturated carbocycles. The van der Waals surface area contributed by atoms with Crippen LogP contribution in [0.1, 0.15) is 27.2 Å². The van der Waals surface area contributed by atoms with Gasteiger partial charge in [-0.3, -0.25) is 19.3 Å². The lowest BCUT2D eigenvalue weighted by Gasteiger charge is -2.15. The third-order valence-electron chi connectivity index (χ3n) is 2.74. The molecule has 0 aromatic heterocycles. The van der Waals surface area contributed by atoms with Crippen LogP contribution >= 0.6 is 0 Å². The number of carbonyl (C=O) groups excluding carboxylic acids is 4. The average Bonchev–Trinajstić information content (AvgIpc) is 2.54. The van der Waals surface area contributed by atoms with Gasteiger partial charge in [0.25, 0.3) is 5.91 Å². The van der Waals surface area contributed by atoms with Crippen molar-refractivity contribution in [2.75, 3.05) is 19.7 Å². The Morgan fingerprint density at radius 1 is 1.35 bits per heavy atom. The van der Waals surface area contributed by atoms with Crippen LogP contribution in [0.2, 0.25) is 0 Å². The highest BCUT2D eigenvalue weighted by molar-refractivity contribution is 6.06. The summed E-state index contributed by atoms with van der Waals surface area (Å²) in [6.07, 6.45) is -0.0609. The molecule has 0 unspecified atom stereocenters. The number of hydrogen-bond acceptors (Lipinski definition) is 5. The Labute approximate surface area is 116 Å². The monoisotopic (exact) mass is 285 g/mol. The maximum atomic E-state index is 11.8. The fourth-order valence-corrected chi connectivity index (χ4v) is 1.71. The van der Waals surface area contributed by atoms with E-state index in [0.29, 0.717) is 0 Å². The van der Waals surface area contributed by atoms with E-state index >= 15 is 0 Å². The SMILES string of the molecule is CCOC(=O)CNC(=O)CCN1C(=O)NC(C)(C)C1=O. The number of nitrogens with zero attached hydrogens (tertiary/aromatic N) is 1. The summed E-state index contributed by atoms with van der Waals surface area (Å²) >= 11 is 0. The van der Waals surface area contributed by atoms with E-state index in [0.717, 1.165) is 4.90 Å². The van der Waals surface area contributed by atoms with Crippen molar-refractivity contribution in [2.45, 2.75) is 32.7 Å². The molecule has 0 radical (unpaired) electrons. The van der Waals surface area contributed by atoms with Crippen molar-refractivity contribution in [3.8, 4) is 0 Å². The van der Waals surface area contributed by atoms with Gasteiger partial charge in [0.1, 0.15) is 12.1 Å². The maximum Gasteiger partial charge on any atom is 0.325 e. The third kappa shape index (κ3) is 3.94. The van der Waals surface area contributed by atoms with Crippen molar-refractivity contribution in [1.29, 1.82) is 0 Å². The Bertz CT molecular complexity index is 433. The molecule has 20 heavy (non-hydrogen) atoms. The average molecular weight is 285 g/mol. The van der Waals surface area contributed by atoms with E-state index in [2.05, 4.69) is 15.4 Å². The summed E-state index contributed by atoms with van der Waals surface area (Å²) in [7, 11) is 0.